The zero-order chi connectivity index (χ0) is 17.0. The van der Waals surface area contributed by atoms with Crippen molar-refractivity contribution in [3.05, 3.63) is 31.8 Å². The van der Waals surface area contributed by atoms with Crippen molar-refractivity contribution in [3.63, 3.8) is 0 Å². The standard InChI is InChI=1S/C18H27Cl3/c1-16(2,3)10-11(17(4,5)6)13(19)15(21)14(20)12(10)18(7,8)9/h1-9H3. The molecule has 0 nitrogen and oxygen atoms in total. The summed E-state index contributed by atoms with van der Waals surface area (Å²) in [6.07, 6.45) is 0. The van der Waals surface area contributed by atoms with Crippen molar-refractivity contribution in [1.29, 1.82) is 0 Å². The van der Waals surface area contributed by atoms with Crippen molar-refractivity contribution < 1.29 is 0 Å². The molecule has 1 aromatic carbocycles. The zero-order valence-electron chi connectivity index (χ0n) is 14.6. The zero-order valence-corrected chi connectivity index (χ0v) is 16.9. The summed E-state index contributed by atoms with van der Waals surface area (Å²) in [7, 11) is 0. The highest BCUT2D eigenvalue weighted by atomic mass is 35.5. The van der Waals surface area contributed by atoms with Crippen LogP contribution in [0.2, 0.25) is 15.1 Å². The monoisotopic (exact) mass is 348 g/mol. The van der Waals surface area contributed by atoms with Crippen LogP contribution in [0.5, 0.6) is 0 Å². The van der Waals surface area contributed by atoms with Crippen molar-refractivity contribution in [1.82, 2.24) is 0 Å². The van der Waals surface area contributed by atoms with Gasteiger partial charge >= 0.3 is 0 Å². The predicted octanol–water partition coefficient (Wildman–Crippen LogP) is 7.54. The molecule has 0 atom stereocenters. The van der Waals surface area contributed by atoms with Gasteiger partial charge in [0.05, 0.1) is 15.1 Å². The SMILES string of the molecule is CC(C)(C)c1c(Cl)c(Cl)c(Cl)c(C(C)(C)C)c1C(C)(C)C. The third-order valence-electron chi connectivity index (χ3n) is 3.57. The van der Waals surface area contributed by atoms with Crippen molar-refractivity contribution in [2.45, 2.75) is 78.6 Å². The van der Waals surface area contributed by atoms with Gasteiger partial charge in [-0.25, -0.2) is 0 Å². The maximum atomic E-state index is 6.60. The molecule has 0 bridgehead atoms. The van der Waals surface area contributed by atoms with E-state index in [0.717, 1.165) is 11.1 Å². The molecule has 0 aliphatic carbocycles. The summed E-state index contributed by atoms with van der Waals surface area (Å²) in [6, 6.07) is 0. The Hall–Kier alpha value is 0.0900. The van der Waals surface area contributed by atoms with Crippen LogP contribution in [0, 0.1) is 0 Å². The van der Waals surface area contributed by atoms with Gasteiger partial charge in [-0.1, -0.05) is 97.1 Å². The van der Waals surface area contributed by atoms with Gasteiger partial charge in [-0.3, -0.25) is 0 Å². The van der Waals surface area contributed by atoms with Crippen LogP contribution in [0.3, 0.4) is 0 Å². The molecule has 1 rings (SSSR count). The first-order chi connectivity index (χ1) is 9.10. The molecule has 0 saturated carbocycles. The molecule has 0 heterocycles. The fourth-order valence-corrected chi connectivity index (χ4v) is 4.00. The first kappa shape index (κ1) is 19.1. The Kier molecular flexibility index (Phi) is 5.12. The number of hydrogen-bond acceptors (Lipinski definition) is 0. The summed E-state index contributed by atoms with van der Waals surface area (Å²) in [4.78, 5) is 0. The van der Waals surface area contributed by atoms with Gasteiger partial charge in [-0.05, 0) is 32.9 Å². The average molecular weight is 350 g/mol. The Bertz CT molecular complexity index is 509. The molecule has 0 aliphatic heterocycles. The Balaban J connectivity index is 4.12. The first-order valence-corrected chi connectivity index (χ1v) is 8.45. The van der Waals surface area contributed by atoms with Crippen molar-refractivity contribution >= 4 is 34.8 Å². The molecule has 21 heavy (non-hydrogen) atoms. The van der Waals surface area contributed by atoms with E-state index in [2.05, 4.69) is 62.3 Å². The van der Waals surface area contributed by atoms with Crippen LogP contribution in [0.1, 0.15) is 79.0 Å². The van der Waals surface area contributed by atoms with Gasteiger partial charge in [-0.15, -0.1) is 0 Å². The molecule has 0 amide bonds. The average Bonchev–Trinajstić information content (AvgIpc) is 2.19. The third kappa shape index (κ3) is 3.71. The van der Waals surface area contributed by atoms with E-state index in [4.69, 9.17) is 34.8 Å². The Morgan fingerprint density at radius 1 is 0.429 bits per heavy atom. The molecule has 0 spiro atoms. The topological polar surface area (TPSA) is 0 Å². The minimum absolute atomic E-state index is 0.0664. The lowest BCUT2D eigenvalue weighted by Crippen LogP contribution is -2.29. The highest BCUT2D eigenvalue weighted by Gasteiger charge is 2.36. The van der Waals surface area contributed by atoms with Crippen molar-refractivity contribution in [2.75, 3.05) is 0 Å². The Morgan fingerprint density at radius 3 is 0.857 bits per heavy atom. The minimum Gasteiger partial charge on any atom is -0.0823 e. The number of rotatable bonds is 0. The molecule has 0 N–H and O–H groups in total. The van der Waals surface area contributed by atoms with Crippen LogP contribution in [0.25, 0.3) is 0 Å². The van der Waals surface area contributed by atoms with Gasteiger partial charge in [0, 0.05) is 0 Å². The highest BCUT2D eigenvalue weighted by Crippen LogP contribution is 2.50. The smallest absolute Gasteiger partial charge is 0.0784 e. The van der Waals surface area contributed by atoms with Crippen LogP contribution in [-0.2, 0) is 16.2 Å². The maximum absolute atomic E-state index is 6.60. The van der Waals surface area contributed by atoms with E-state index in [1.54, 1.807) is 0 Å². The third-order valence-corrected chi connectivity index (χ3v) is 4.90. The highest BCUT2D eigenvalue weighted by molar-refractivity contribution is 6.49. The predicted molar refractivity (Wildman–Crippen MR) is 97.6 cm³/mol. The molecule has 1 aromatic rings. The van der Waals surface area contributed by atoms with E-state index in [9.17, 15) is 0 Å². The molecule has 120 valence electrons. The van der Waals surface area contributed by atoms with E-state index in [1.807, 2.05) is 0 Å². The number of benzene rings is 1. The normalized spacial score (nSPS) is 13.7. The van der Waals surface area contributed by atoms with Gasteiger partial charge in [0.15, 0.2) is 0 Å². The van der Waals surface area contributed by atoms with E-state index in [0.29, 0.717) is 15.1 Å². The Morgan fingerprint density at radius 2 is 0.667 bits per heavy atom. The van der Waals surface area contributed by atoms with E-state index >= 15 is 0 Å². The van der Waals surface area contributed by atoms with E-state index in [1.165, 1.54) is 5.56 Å². The molecule has 0 fully saturated rings. The van der Waals surface area contributed by atoms with Gasteiger partial charge in [0.25, 0.3) is 0 Å². The summed E-state index contributed by atoms with van der Waals surface area (Å²) in [6.45, 7) is 19.6. The van der Waals surface area contributed by atoms with Crippen molar-refractivity contribution in [2.24, 2.45) is 0 Å². The lowest BCUT2D eigenvalue weighted by molar-refractivity contribution is 0.498. The lowest BCUT2D eigenvalue weighted by Gasteiger charge is -2.38. The summed E-state index contributed by atoms with van der Waals surface area (Å²) in [5, 5.41) is 1.65. The van der Waals surface area contributed by atoms with Gasteiger partial charge < -0.3 is 0 Å². The number of hydrogen-bond donors (Lipinski definition) is 0. The summed E-state index contributed by atoms with van der Waals surface area (Å²) in [5.41, 5.74) is 3.17. The summed E-state index contributed by atoms with van der Waals surface area (Å²) < 4.78 is 0. The molecule has 0 unspecified atom stereocenters. The lowest BCUT2D eigenvalue weighted by atomic mass is 9.68. The number of halogens is 3. The van der Waals surface area contributed by atoms with Crippen LogP contribution < -0.4 is 0 Å². The van der Waals surface area contributed by atoms with Gasteiger partial charge in [0.2, 0.25) is 0 Å². The second kappa shape index (κ2) is 5.62. The second-order valence-electron chi connectivity index (χ2n) is 8.82. The molecule has 3 heteroatoms. The molecule has 0 aliphatic rings. The second-order valence-corrected chi connectivity index (χ2v) is 9.95. The fourth-order valence-electron chi connectivity index (χ4n) is 2.82. The first-order valence-electron chi connectivity index (χ1n) is 7.32. The largest absolute Gasteiger partial charge is 0.0823 e. The molecular weight excluding hydrogens is 323 g/mol. The van der Waals surface area contributed by atoms with Crippen LogP contribution in [-0.4, -0.2) is 0 Å². The molecule has 0 aromatic heterocycles. The molecule has 0 radical (unpaired) electrons. The van der Waals surface area contributed by atoms with Crippen LogP contribution >= 0.6 is 34.8 Å². The fraction of sp³-hybridized carbons (Fsp3) is 0.667. The van der Waals surface area contributed by atoms with Gasteiger partial charge in [0.1, 0.15) is 0 Å². The van der Waals surface area contributed by atoms with E-state index < -0.39 is 0 Å². The molecule has 0 saturated heterocycles. The quantitative estimate of drug-likeness (QED) is 0.424. The maximum Gasteiger partial charge on any atom is 0.0784 e. The molecular formula is C18H27Cl3. The van der Waals surface area contributed by atoms with Gasteiger partial charge in [-0.2, -0.15) is 0 Å². The van der Waals surface area contributed by atoms with Crippen LogP contribution in [0.15, 0.2) is 0 Å². The van der Waals surface area contributed by atoms with Crippen molar-refractivity contribution in [3.8, 4) is 0 Å². The Labute approximate surface area is 145 Å². The van der Waals surface area contributed by atoms with Crippen LogP contribution in [0.4, 0.5) is 0 Å². The van der Waals surface area contributed by atoms with E-state index in [-0.39, 0.29) is 16.2 Å². The summed E-state index contributed by atoms with van der Waals surface area (Å²) in [5.74, 6) is 0. The summed E-state index contributed by atoms with van der Waals surface area (Å²) >= 11 is 19.7. The minimum atomic E-state index is -0.103.